The fraction of sp³-hybridized carbons (Fsp3) is 0.667. The molecule has 2 aliphatic carbocycles. The van der Waals surface area contributed by atoms with Gasteiger partial charge in [-0.3, -0.25) is 0 Å². The average Bonchev–Trinajstić information content (AvgIpc) is 2.49. The van der Waals surface area contributed by atoms with Crippen molar-refractivity contribution in [1.29, 1.82) is 0 Å². The number of benzene rings is 1. The smallest absolute Gasteiger partial charge is 0.0131 e. The zero-order chi connectivity index (χ0) is 12.2. The normalized spacial score (nSPS) is 30.2. The van der Waals surface area contributed by atoms with Gasteiger partial charge in [0, 0.05) is 0 Å². The minimum atomic E-state index is 0.864. The molecule has 3 rings (SSSR count). The topological polar surface area (TPSA) is 0 Å². The van der Waals surface area contributed by atoms with E-state index in [4.69, 9.17) is 0 Å². The second-order valence-corrected chi connectivity index (χ2v) is 6.36. The minimum absolute atomic E-state index is 0.864. The monoisotopic (exact) mass is 242 g/mol. The third-order valence-corrected chi connectivity index (χ3v) is 5.30. The summed E-state index contributed by atoms with van der Waals surface area (Å²) in [5, 5.41) is 0. The molecule has 0 radical (unpaired) electrons. The molecule has 0 aromatic heterocycles. The van der Waals surface area contributed by atoms with Crippen molar-refractivity contribution in [3.05, 3.63) is 35.9 Å². The van der Waals surface area contributed by atoms with Crippen LogP contribution < -0.4 is 0 Å². The molecule has 0 saturated heterocycles. The van der Waals surface area contributed by atoms with E-state index in [0.717, 1.165) is 17.8 Å². The van der Waals surface area contributed by atoms with Crippen molar-refractivity contribution < 1.29 is 0 Å². The Balaban J connectivity index is 1.77. The lowest BCUT2D eigenvalue weighted by Crippen LogP contribution is -2.27. The Kier molecular flexibility index (Phi) is 4.02. The molecule has 0 heterocycles. The fourth-order valence-corrected chi connectivity index (χ4v) is 4.40. The summed E-state index contributed by atoms with van der Waals surface area (Å²) >= 11 is 0. The maximum Gasteiger partial charge on any atom is -0.0131 e. The van der Waals surface area contributed by atoms with E-state index in [1.807, 2.05) is 0 Å². The van der Waals surface area contributed by atoms with Crippen molar-refractivity contribution in [3.63, 3.8) is 0 Å². The van der Waals surface area contributed by atoms with E-state index in [2.05, 4.69) is 30.3 Å². The van der Waals surface area contributed by atoms with Crippen LogP contribution in [0.25, 0.3) is 0 Å². The van der Waals surface area contributed by atoms with Gasteiger partial charge in [0.05, 0.1) is 0 Å². The van der Waals surface area contributed by atoms with Gasteiger partial charge in [0.15, 0.2) is 0 Å². The summed E-state index contributed by atoms with van der Waals surface area (Å²) in [6, 6.07) is 11.3. The SMILES string of the molecule is c1ccc([C@@H]2CCCC[C@@H]2C2CCCCC2)cc1. The summed E-state index contributed by atoms with van der Waals surface area (Å²) in [6.45, 7) is 0. The third kappa shape index (κ3) is 2.63. The van der Waals surface area contributed by atoms with Crippen molar-refractivity contribution in [3.8, 4) is 0 Å². The Labute approximate surface area is 112 Å². The molecular formula is C18H26. The first-order valence-electron chi connectivity index (χ1n) is 8.00. The van der Waals surface area contributed by atoms with Gasteiger partial charge in [0.1, 0.15) is 0 Å². The number of hydrogen-bond acceptors (Lipinski definition) is 0. The predicted molar refractivity (Wildman–Crippen MR) is 77.7 cm³/mol. The molecule has 2 atom stereocenters. The first-order valence-corrected chi connectivity index (χ1v) is 8.00. The predicted octanol–water partition coefficient (Wildman–Crippen LogP) is 5.54. The van der Waals surface area contributed by atoms with Crippen LogP contribution in [0, 0.1) is 11.8 Å². The van der Waals surface area contributed by atoms with Gasteiger partial charge < -0.3 is 0 Å². The van der Waals surface area contributed by atoms with Gasteiger partial charge in [-0.2, -0.15) is 0 Å². The van der Waals surface area contributed by atoms with Crippen LogP contribution in [0.4, 0.5) is 0 Å². The summed E-state index contributed by atoms with van der Waals surface area (Å²) in [7, 11) is 0. The molecule has 1 aromatic carbocycles. The summed E-state index contributed by atoms with van der Waals surface area (Å²) in [5.74, 6) is 2.88. The van der Waals surface area contributed by atoms with Gasteiger partial charge in [-0.25, -0.2) is 0 Å². The van der Waals surface area contributed by atoms with Crippen LogP contribution in [0.1, 0.15) is 69.3 Å². The van der Waals surface area contributed by atoms with E-state index >= 15 is 0 Å². The molecular weight excluding hydrogens is 216 g/mol. The van der Waals surface area contributed by atoms with E-state index in [1.54, 1.807) is 5.56 Å². The molecule has 0 unspecified atom stereocenters. The number of rotatable bonds is 2. The Morgan fingerprint density at radius 1 is 0.667 bits per heavy atom. The van der Waals surface area contributed by atoms with Crippen LogP contribution in [-0.2, 0) is 0 Å². The molecule has 0 spiro atoms. The summed E-state index contributed by atoms with van der Waals surface area (Å²) in [4.78, 5) is 0. The highest BCUT2D eigenvalue weighted by Gasteiger charge is 2.32. The standard InChI is InChI=1S/C18H26/c1-3-9-15(10-4-1)17-13-7-8-14-18(17)16-11-5-2-6-12-16/h1,3-4,9-10,16-18H,2,5-8,11-14H2/t17-,18+/m0/s1. The van der Waals surface area contributed by atoms with Crippen LogP contribution >= 0.6 is 0 Å². The molecule has 18 heavy (non-hydrogen) atoms. The maximum atomic E-state index is 2.37. The Bertz CT molecular complexity index is 348. The second-order valence-electron chi connectivity index (χ2n) is 6.36. The van der Waals surface area contributed by atoms with Crippen molar-refractivity contribution in [2.75, 3.05) is 0 Å². The summed E-state index contributed by atoms with van der Waals surface area (Å²) < 4.78 is 0. The molecule has 0 aliphatic heterocycles. The molecule has 2 saturated carbocycles. The van der Waals surface area contributed by atoms with Gasteiger partial charge in [0.25, 0.3) is 0 Å². The number of hydrogen-bond donors (Lipinski definition) is 0. The molecule has 0 N–H and O–H groups in total. The van der Waals surface area contributed by atoms with E-state index in [9.17, 15) is 0 Å². The fourth-order valence-electron chi connectivity index (χ4n) is 4.40. The zero-order valence-electron chi connectivity index (χ0n) is 11.5. The second kappa shape index (κ2) is 5.91. The lowest BCUT2D eigenvalue weighted by atomic mass is 9.66. The molecule has 2 fully saturated rings. The summed E-state index contributed by atoms with van der Waals surface area (Å²) in [6.07, 6.45) is 13.3. The van der Waals surface area contributed by atoms with E-state index in [0.29, 0.717) is 0 Å². The molecule has 0 amide bonds. The average molecular weight is 242 g/mol. The van der Waals surface area contributed by atoms with Crippen molar-refractivity contribution in [2.24, 2.45) is 11.8 Å². The van der Waals surface area contributed by atoms with E-state index < -0.39 is 0 Å². The quantitative estimate of drug-likeness (QED) is 0.638. The third-order valence-electron chi connectivity index (χ3n) is 5.30. The molecule has 0 bridgehead atoms. The lowest BCUT2D eigenvalue weighted by Gasteiger charge is -2.39. The van der Waals surface area contributed by atoms with Gasteiger partial charge in [-0.05, 0) is 36.2 Å². The first kappa shape index (κ1) is 12.3. The van der Waals surface area contributed by atoms with Crippen LogP contribution in [0.3, 0.4) is 0 Å². The summed E-state index contributed by atoms with van der Waals surface area (Å²) in [5.41, 5.74) is 1.62. The van der Waals surface area contributed by atoms with Crippen LogP contribution in [-0.4, -0.2) is 0 Å². The maximum absolute atomic E-state index is 2.37. The van der Waals surface area contributed by atoms with Crippen molar-refractivity contribution in [1.82, 2.24) is 0 Å². The molecule has 0 nitrogen and oxygen atoms in total. The van der Waals surface area contributed by atoms with Crippen molar-refractivity contribution in [2.45, 2.75) is 63.7 Å². The molecule has 0 heteroatoms. The Morgan fingerprint density at radius 2 is 1.33 bits per heavy atom. The highest BCUT2D eigenvalue weighted by molar-refractivity contribution is 5.21. The highest BCUT2D eigenvalue weighted by atomic mass is 14.4. The van der Waals surface area contributed by atoms with Crippen LogP contribution in [0.5, 0.6) is 0 Å². The van der Waals surface area contributed by atoms with Gasteiger partial charge in [0.2, 0.25) is 0 Å². The van der Waals surface area contributed by atoms with E-state index in [-0.39, 0.29) is 0 Å². The molecule has 2 aliphatic rings. The van der Waals surface area contributed by atoms with Crippen LogP contribution in [0.15, 0.2) is 30.3 Å². The molecule has 1 aromatic rings. The van der Waals surface area contributed by atoms with Gasteiger partial charge >= 0.3 is 0 Å². The van der Waals surface area contributed by atoms with E-state index in [1.165, 1.54) is 57.8 Å². The van der Waals surface area contributed by atoms with Crippen molar-refractivity contribution >= 4 is 0 Å². The highest BCUT2D eigenvalue weighted by Crippen LogP contribution is 2.45. The van der Waals surface area contributed by atoms with Crippen LogP contribution in [0.2, 0.25) is 0 Å². The zero-order valence-corrected chi connectivity index (χ0v) is 11.5. The largest absolute Gasteiger partial charge is 0.0622 e. The minimum Gasteiger partial charge on any atom is -0.0622 e. The van der Waals surface area contributed by atoms with Gasteiger partial charge in [-0.15, -0.1) is 0 Å². The van der Waals surface area contributed by atoms with Gasteiger partial charge in [-0.1, -0.05) is 75.3 Å². The Morgan fingerprint density at radius 3 is 2.11 bits per heavy atom. The lowest BCUT2D eigenvalue weighted by molar-refractivity contribution is 0.169. The first-order chi connectivity index (χ1) is 8.95. The molecule has 98 valence electrons. The Hall–Kier alpha value is -0.780.